The van der Waals surface area contributed by atoms with Crippen molar-refractivity contribution in [1.82, 2.24) is 0 Å². The highest BCUT2D eigenvalue weighted by Crippen LogP contribution is 2.26. The number of benzene rings is 2. The normalized spacial score (nSPS) is 11.5. The van der Waals surface area contributed by atoms with E-state index < -0.39 is 0 Å². The highest BCUT2D eigenvalue weighted by atomic mass is 14.2. The van der Waals surface area contributed by atoms with Crippen LogP contribution in [0.15, 0.2) is 48.5 Å². The maximum absolute atomic E-state index is 3.40. The average Bonchev–Trinajstić information content (AvgIpc) is 2.30. The fourth-order valence-electron chi connectivity index (χ4n) is 2.13. The molecular weight excluding hydrogens is 204 g/mol. The van der Waals surface area contributed by atoms with Crippen LogP contribution in [0.5, 0.6) is 0 Å². The maximum atomic E-state index is 3.40. The Labute approximate surface area is 104 Å². The molecule has 0 aliphatic rings. The first-order chi connectivity index (χ1) is 8.07. The molecule has 0 aromatic heterocycles. The Morgan fingerprint density at radius 2 is 1.65 bits per heavy atom. The van der Waals surface area contributed by atoms with E-state index in [4.69, 9.17) is 0 Å². The third kappa shape index (κ3) is 2.97. The third-order valence-corrected chi connectivity index (χ3v) is 2.93. The molecule has 87 valence electrons. The second kappa shape index (κ2) is 4.75. The minimum absolute atomic E-state index is 0.158. The van der Waals surface area contributed by atoms with Crippen molar-refractivity contribution in [3.8, 4) is 0 Å². The molecule has 0 unspecified atom stereocenters. The van der Waals surface area contributed by atoms with Crippen molar-refractivity contribution >= 4 is 0 Å². The predicted molar refractivity (Wildman–Crippen MR) is 73.2 cm³/mol. The summed E-state index contributed by atoms with van der Waals surface area (Å²) in [5.74, 6) is 0. The Morgan fingerprint density at radius 3 is 2.29 bits per heavy atom. The summed E-state index contributed by atoms with van der Waals surface area (Å²) in [6, 6.07) is 20.3. The van der Waals surface area contributed by atoms with Crippen molar-refractivity contribution in [2.45, 2.75) is 32.6 Å². The summed E-state index contributed by atoms with van der Waals surface area (Å²) in [5, 5.41) is 0. The Balaban J connectivity index is 2.34. The molecule has 0 aliphatic carbocycles. The van der Waals surface area contributed by atoms with Crippen LogP contribution in [0.25, 0.3) is 0 Å². The van der Waals surface area contributed by atoms with Gasteiger partial charge in [-0.2, -0.15) is 0 Å². The van der Waals surface area contributed by atoms with Crippen LogP contribution in [0.4, 0.5) is 0 Å². The zero-order valence-corrected chi connectivity index (χ0v) is 10.8. The molecule has 0 atom stereocenters. The highest BCUT2D eigenvalue weighted by molar-refractivity contribution is 5.35. The van der Waals surface area contributed by atoms with Gasteiger partial charge in [-0.25, -0.2) is 0 Å². The van der Waals surface area contributed by atoms with E-state index in [9.17, 15) is 0 Å². The minimum atomic E-state index is 0.158. The lowest BCUT2D eigenvalue weighted by molar-refractivity contribution is 0.583. The van der Waals surface area contributed by atoms with Crippen molar-refractivity contribution in [3.63, 3.8) is 0 Å². The van der Waals surface area contributed by atoms with Crippen LogP contribution in [-0.4, -0.2) is 0 Å². The smallest absolute Gasteiger partial charge is 0.00226 e. The SMILES string of the molecule is CC(C)(C)c1[c]cccc1Cc1ccccc1. The summed E-state index contributed by atoms with van der Waals surface area (Å²) in [7, 11) is 0. The van der Waals surface area contributed by atoms with Crippen LogP contribution in [0.3, 0.4) is 0 Å². The first-order valence-electron chi connectivity index (χ1n) is 6.11. The molecule has 2 rings (SSSR count). The summed E-state index contributed by atoms with van der Waals surface area (Å²) >= 11 is 0. The summed E-state index contributed by atoms with van der Waals surface area (Å²) in [6.45, 7) is 6.73. The zero-order valence-electron chi connectivity index (χ0n) is 10.8. The molecule has 2 aromatic carbocycles. The number of rotatable bonds is 2. The zero-order chi connectivity index (χ0) is 12.3. The van der Waals surface area contributed by atoms with E-state index in [1.807, 2.05) is 6.07 Å². The highest BCUT2D eigenvalue weighted by Gasteiger charge is 2.17. The lowest BCUT2D eigenvalue weighted by atomic mass is 9.82. The Kier molecular flexibility index (Phi) is 3.33. The lowest BCUT2D eigenvalue weighted by Crippen LogP contribution is -2.14. The van der Waals surface area contributed by atoms with E-state index >= 15 is 0 Å². The Bertz CT molecular complexity index is 475. The third-order valence-electron chi connectivity index (χ3n) is 2.93. The van der Waals surface area contributed by atoms with E-state index in [2.05, 4.69) is 69.3 Å². The van der Waals surface area contributed by atoms with Gasteiger partial charge in [-0.1, -0.05) is 69.3 Å². The van der Waals surface area contributed by atoms with Crippen molar-refractivity contribution in [2.24, 2.45) is 0 Å². The van der Waals surface area contributed by atoms with Crippen molar-refractivity contribution in [3.05, 3.63) is 71.3 Å². The summed E-state index contributed by atoms with van der Waals surface area (Å²) in [6.07, 6.45) is 0.991. The topological polar surface area (TPSA) is 0 Å². The van der Waals surface area contributed by atoms with Crippen LogP contribution in [-0.2, 0) is 11.8 Å². The molecule has 1 radical (unpaired) electrons. The first-order valence-corrected chi connectivity index (χ1v) is 6.11. The van der Waals surface area contributed by atoms with Gasteiger partial charge in [0, 0.05) is 0 Å². The molecular formula is C17H19. The quantitative estimate of drug-likeness (QED) is 0.709. The molecule has 0 amide bonds. The van der Waals surface area contributed by atoms with Crippen LogP contribution in [0.1, 0.15) is 37.5 Å². The lowest BCUT2D eigenvalue weighted by Gasteiger charge is -2.22. The van der Waals surface area contributed by atoms with E-state index in [1.54, 1.807) is 0 Å². The molecule has 0 heterocycles. The molecule has 0 fully saturated rings. The van der Waals surface area contributed by atoms with E-state index in [1.165, 1.54) is 16.7 Å². The molecule has 0 heteroatoms. The molecule has 2 aromatic rings. The van der Waals surface area contributed by atoms with Gasteiger partial charge in [0.1, 0.15) is 0 Å². The summed E-state index contributed by atoms with van der Waals surface area (Å²) in [4.78, 5) is 0. The molecule has 0 saturated heterocycles. The van der Waals surface area contributed by atoms with Crippen molar-refractivity contribution in [1.29, 1.82) is 0 Å². The van der Waals surface area contributed by atoms with Crippen LogP contribution in [0, 0.1) is 6.07 Å². The Morgan fingerprint density at radius 1 is 0.941 bits per heavy atom. The van der Waals surface area contributed by atoms with Crippen LogP contribution < -0.4 is 0 Å². The molecule has 0 nitrogen and oxygen atoms in total. The molecule has 0 spiro atoms. The fraction of sp³-hybridized carbons (Fsp3) is 0.294. The summed E-state index contributed by atoms with van der Waals surface area (Å²) in [5.41, 5.74) is 4.22. The van der Waals surface area contributed by atoms with Gasteiger partial charge >= 0.3 is 0 Å². The monoisotopic (exact) mass is 223 g/mol. The van der Waals surface area contributed by atoms with Gasteiger partial charge in [-0.3, -0.25) is 0 Å². The number of hydrogen-bond donors (Lipinski definition) is 0. The number of hydrogen-bond acceptors (Lipinski definition) is 0. The van der Waals surface area contributed by atoms with Gasteiger partial charge in [0.05, 0.1) is 0 Å². The van der Waals surface area contributed by atoms with Crippen molar-refractivity contribution in [2.75, 3.05) is 0 Å². The largest absolute Gasteiger partial charge is 0.0622 e. The van der Waals surface area contributed by atoms with E-state index in [0.29, 0.717) is 0 Å². The van der Waals surface area contributed by atoms with Gasteiger partial charge in [-0.15, -0.1) is 0 Å². The average molecular weight is 223 g/mol. The summed E-state index contributed by atoms with van der Waals surface area (Å²) < 4.78 is 0. The van der Waals surface area contributed by atoms with Gasteiger partial charge in [0.15, 0.2) is 0 Å². The van der Waals surface area contributed by atoms with Gasteiger partial charge in [-0.05, 0) is 34.6 Å². The van der Waals surface area contributed by atoms with Gasteiger partial charge < -0.3 is 0 Å². The van der Waals surface area contributed by atoms with Crippen molar-refractivity contribution < 1.29 is 0 Å². The fourth-order valence-corrected chi connectivity index (χ4v) is 2.13. The van der Waals surface area contributed by atoms with Crippen LogP contribution in [0.2, 0.25) is 0 Å². The minimum Gasteiger partial charge on any atom is -0.0622 e. The second-order valence-electron chi connectivity index (χ2n) is 5.48. The molecule has 0 aliphatic heterocycles. The van der Waals surface area contributed by atoms with Gasteiger partial charge in [0.25, 0.3) is 0 Å². The molecule has 0 N–H and O–H groups in total. The molecule has 0 saturated carbocycles. The standard InChI is InChI=1S/C17H19/c1-17(2,3)16-12-8-7-11-15(16)13-14-9-5-4-6-10-14/h4-11H,13H2,1-3H3. The second-order valence-corrected chi connectivity index (χ2v) is 5.48. The predicted octanol–water partition coefficient (Wildman–Crippen LogP) is 4.38. The van der Waals surface area contributed by atoms with E-state index in [-0.39, 0.29) is 5.41 Å². The maximum Gasteiger partial charge on any atom is -0.00226 e. The molecule has 17 heavy (non-hydrogen) atoms. The van der Waals surface area contributed by atoms with Gasteiger partial charge in [0.2, 0.25) is 0 Å². The van der Waals surface area contributed by atoms with Crippen LogP contribution >= 0.6 is 0 Å². The molecule has 0 bridgehead atoms. The first kappa shape index (κ1) is 11.9. The Hall–Kier alpha value is -1.56. The van der Waals surface area contributed by atoms with E-state index in [0.717, 1.165) is 6.42 Å².